The maximum Gasteiger partial charge on any atom is 0.340 e. The van der Waals surface area contributed by atoms with Gasteiger partial charge in [0.25, 0.3) is 0 Å². The third kappa shape index (κ3) is 3.69. The van der Waals surface area contributed by atoms with Crippen molar-refractivity contribution in [1.82, 2.24) is 0 Å². The average molecular weight is 302 g/mol. The zero-order chi connectivity index (χ0) is 12.0. The van der Waals surface area contributed by atoms with Crippen LogP contribution in [-0.4, -0.2) is 12.6 Å². The Morgan fingerprint density at radius 1 is 1.81 bits per heavy atom. The fourth-order valence-corrected chi connectivity index (χ4v) is 2.07. The molecular weight excluding hydrogens is 294 g/mol. The minimum Gasteiger partial charge on any atom is -0.462 e. The monoisotopic (exact) mass is 301 g/mol. The third-order valence-corrected chi connectivity index (χ3v) is 3.05. The first-order valence-corrected chi connectivity index (χ1v) is 6.02. The lowest BCUT2D eigenvalue weighted by Gasteiger charge is -1.99. The van der Waals surface area contributed by atoms with Crippen LogP contribution in [0.4, 0.5) is 0 Å². The van der Waals surface area contributed by atoms with Gasteiger partial charge in [-0.25, -0.2) is 4.79 Å². The maximum absolute atomic E-state index is 11.4. The summed E-state index contributed by atoms with van der Waals surface area (Å²) in [5.41, 5.74) is 9.08. The van der Waals surface area contributed by atoms with Gasteiger partial charge in [0.05, 0.1) is 10.4 Å². The van der Waals surface area contributed by atoms with E-state index in [-0.39, 0.29) is 12.3 Å². The van der Waals surface area contributed by atoms with E-state index in [1.165, 1.54) is 17.4 Å². The lowest BCUT2D eigenvalue weighted by atomic mass is 10.3. The van der Waals surface area contributed by atoms with E-state index in [1.807, 2.05) is 11.4 Å². The Morgan fingerprint density at radius 3 is 3.06 bits per heavy atom. The lowest BCUT2D eigenvalue weighted by Crippen LogP contribution is -2.05. The highest BCUT2D eigenvalue weighted by atomic mass is 79.9. The summed E-state index contributed by atoms with van der Waals surface area (Å²) in [5, 5.41) is 5.13. The second-order valence-electron chi connectivity index (χ2n) is 2.62. The van der Waals surface area contributed by atoms with Gasteiger partial charge in [-0.3, -0.25) is 0 Å². The molecule has 0 unspecified atom stereocenters. The van der Waals surface area contributed by atoms with Crippen molar-refractivity contribution >= 4 is 39.3 Å². The summed E-state index contributed by atoms with van der Waals surface area (Å²) >= 11 is 4.77. The molecular formula is C9H8BrN3O2S. The number of halogens is 1. The van der Waals surface area contributed by atoms with Gasteiger partial charge in [0.2, 0.25) is 0 Å². The number of nitrogens with zero attached hydrogens (tertiary/aromatic N) is 3. The molecule has 0 aliphatic carbocycles. The molecule has 0 bridgehead atoms. The number of carbonyl (C=O) groups excluding carboxylic acids is 1. The summed E-state index contributed by atoms with van der Waals surface area (Å²) < 4.78 is 5.69. The van der Waals surface area contributed by atoms with E-state index in [2.05, 4.69) is 26.0 Å². The normalized spacial score (nSPS) is 10.8. The number of hydrogen-bond acceptors (Lipinski definition) is 4. The highest BCUT2D eigenvalue weighted by molar-refractivity contribution is 9.11. The summed E-state index contributed by atoms with van der Waals surface area (Å²) in [6.45, 7) is 1.93. The summed E-state index contributed by atoms with van der Waals surface area (Å²) in [4.78, 5) is 14.0. The highest BCUT2D eigenvalue weighted by Gasteiger charge is 2.08. The molecule has 5 nitrogen and oxygen atoms in total. The Kier molecular flexibility index (Phi) is 5.04. The molecule has 0 amide bonds. The zero-order valence-corrected chi connectivity index (χ0v) is 10.8. The van der Waals surface area contributed by atoms with Crippen molar-refractivity contribution in [2.24, 2.45) is 5.11 Å². The van der Waals surface area contributed by atoms with Gasteiger partial charge in [-0.15, -0.1) is 11.3 Å². The first-order valence-electron chi connectivity index (χ1n) is 4.35. The Morgan fingerprint density at radius 2 is 2.56 bits per heavy atom. The molecule has 7 heteroatoms. The van der Waals surface area contributed by atoms with Crippen LogP contribution >= 0.6 is 27.3 Å². The molecule has 0 aliphatic rings. The molecule has 16 heavy (non-hydrogen) atoms. The quantitative estimate of drug-likeness (QED) is 0.279. The van der Waals surface area contributed by atoms with Crippen LogP contribution in [-0.2, 0) is 9.53 Å². The topological polar surface area (TPSA) is 75.1 Å². The van der Waals surface area contributed by atoms with Gasteiger partial charge in [-0.1, -0.05) is 5.11 Å². The van der Waals surface area contributed by atoms with E-state index in [1.54, 1.807) is 6.92 Å². The van der Waals surface area contributed by atoms with Crippen molar-refractivity contribution in [3.8, 4) is 0 Å². The Labute approximate surface area is 104 Å². The van der Waals surface area contributed by atoms with Crippen LogP contribution in [0.1, 0.15) is 12.5 Å². The van der Waals surface area contributed by atoms with Crippen LogP contribution in [0.2, 0.25) is 0 Å². The SMILES string of the molecule is CCOC(=O)C(=Cc1csc(Br)c1)N=[N+]=[N-]. The first-order chi connectivity index (χ1) is 7.67. The van der Waals surface area contributed by atoms with E-state index in [4.69, 9.17) is 10.3 Å². The molecule has 0 radical (unpaired) electrons. The van der Waals surface area contributed by atoms with Crippen LogP contribution in [0, 0.1) is 0 Å². The Balaban J connectivity index is 2.97. The van der Waals surface area contributed by atoms with Gasteiger partial charge < -0.3 is 4.74 Å². The average Bonchev–Trinajstić information content (AvgIpc) is 2.64. The van der Waals surface area contributed by atoms with Crippen molar-refractivity contribution in [2.45, 2.75) is 6.92 Å². The molecule has 0 N–H and O–H groups in total. The number of esters is 1. The van der Waals surface area contributed by atoms with Gasteiger partial charge in [0, 0.05) is 4.91 Å². The largest absolute Gasteiger partial charge is 0.462 e. The molecule has 0 saturated heterocycles. The molecule has 0 fully saturated rings. The number of carbonyl (C=O) groups is 1. The van der Waals surface area contributed by atoms with Crippen LogP contribution in [0.25, 0.3) is 16.5 Å². The predicted molar refractivity (Wildman–Crippen MR) is 65.8 cm³/mol. The van der Waals surface area contributed by atoms with Gasteiger partial charge in [-0.05, 0) is 51.5 Å². The van der Waals surface area contributed by atoms with Gasteiger partial charge in [0.15, 0.2) is 0 Å². The minimum absolute atomic E-state index is 0.0466. The molecule has 0 spiro atoms. The Hall–Kier alpha value is -1.30. The van der Waals surface area contributed by atoms with E-state index in [0.29, 0.717) is 0 Å². The van der Waals surface area contributed by atoms with E-state index in [0.717, 1.165) is 9.35 Å². The molecule has 0 aromatic carbocycles. The molecule has 0 saturated carbocycles. The van der Waals surface area contributed by atoms with Crippen LogP contribution in [0.5, 0.6) is 0 Å². The van der Waals surface area contributed by atoms with Crippen molar-refractivity contribution in [3.05, 3.63) is 36.9 Å². The molecule has 1 heterocycles. The van der Waals surface area contributed by atoms with E-state index >= 15 is 0 Å². The molecule has 84 valence electrons. The van der Waals surface area contributed by atoms with Crippen molar-refractivity contribution in [1.29, 1.82) is 0 Å². The third-order valence-electron chi connectivity index (χ3n) is 1.53. The highest BCUT2D eigenvalue weighted by Crippen LogP contribution is 2.22. The van der Waals surface area contributed by atoms with Crippen LogP contribution < -0.4 is 0 Å². The Bertz CT molecular complexity index is 463. The van der Waals surface area contributed by atoms with E-state index in [9.17, 15) is 4.79 Å². The number of rotatable bonds is 4. The van der Waals surface area contributed by atoms with Crippen LogP contribution in [0.15, 0.2) is 26.0 Å². The summed E-state index contributed by atoms with van der Waals surface area (Å²) in [6, 6.07) is 1.82. The van der Waals surface area contributed by atoms with Crippen molar-refractivity contribution in [3.63, 3.8) is 0 Å². The molecule has 0 aliphatic heterocycles. The standard InChI is InChI=1S/C9H8BrN3O2S/c1-2-15-9(14)7(12-13-11)3-6-4-8(10)16-5-6/h3-5H,2H2,1H3. The van der Waals surface area contributed by atoms with Gasteiger partial charge >= 0.3 is 5.97 Å². The summed E-state index contributed by atoms with van der Waals surface area (Å²) in [6.07, 6.45) is 1.49. The second-order valence-corrected chi connectivity index (χ2v) is 4.91. The summed E-state index contributed by atoms with van der Waals surface area (Å²) in [7, 11) is 0. The van der Waals surface area contributed by atoms with Crippen LogP contribution in [0.3, 0.4) is 0 Å². The summed E-state index contributed by atoms with van der Waals surface area (Å²) in [5.74, 6) is -0.623. The number of thiophene rings is 1. The lowest BCUT2D eigenvalue weighted by molar-refractivity contribution is -0.138. The van der Waals surface area contributed by atoms with Gasteiger partial charge in [-0.2, -0.15) is 0 Å². The molecule has 1 rings (SSSR count). The molecule has 1 aromatic heterocycles. The number of azide groups is 1. The number of ether oxygens (including phenoxy) is 1. The van der Waals surface area contributed by atoms with E-state index < -0.39 is 5.97 Å². The molecule has 1 aromatic rings. The fourth-order valence-electron chi connectivity index (χ4n) is 0.939. The van der Waals surface area contributed by atoms with Crippen molar-refractivity contribution in [2.75, 3.05) is 6.61 Å². The smallest absolute Gasteiger partial charge is 0.340 e. The second kappa shape index (κ2) is 6.32. The minimum atomic E-state index is -0.623. The zero-order valence-electron chi connectivity index (χ0n) is 8.38. The maximum atomic E-state index is 11.4. The predicted octanol–water partition coefficient (Wildman–Crippen LogP) is 3.72. The van der Waals surface area contributed by atoms with Crippen molar-refractivity contribution < 1.29 is 9.53 Å². The van der Waals surface area contributed by atoms with Gasteiger partial charge in [0.1, 0.15) is 5.70 Å². The molecule has 0 atom stereocenters. The number of hydrogen-bond donors (Lipinski definition) is 0. The first kappa shape index (κ1) is 12.8. The fraction of sp³-hybridized carbons (Fsp3) is 0.222.